The van der Waals surface area contributed by atoms with Crippen LogP contribution in [0.15, 0.2) is 18.2 Å². The van der Waals surface area contributed by atoms with E-state index in [1.807, 2.05) is 11.9 Å². The molecule has 3 N–H and O–H groups in total. The van der Waals surface area contributed by atoms with E-state index in [4.69, 9.17) is 27.3 Å². The highest BCUT2D eigenvalue weighted by Gasteiger charge is 2.29. The number of nitrogen functional groups attached to an aromatic ring is 1. The Bertz CT molecular complexity index is 1620. The number of nitrogens with one attached hydrogen (secondary N) is 1. The van der Waals surface area contributed by atoms with Gasteiger partial charge in [-0.25, -0.2) is 13.8 Å². The van der Waals surface area contributed by atoms with Crippen molar-refractivity contribution in [3.63, 3.8) is 0 Å². The molecule has 0 amide bonds. The summed E-state index contributed by atoms with van der Waals surface area (Å²) in [4.78, 5) is 17.5. The summed E-state index contributed by atoms with van der Waals surface area (Å²) >= 11 is 7.65. The highest BCUT2D eigenvalue weighted by atomic mass is 35.5. The van der Waals surface area contributed by atoms with E-state index in [1.54, 1.807) is 6.07 Å². The molecule has 2 aromatic heterocycles. The summed E-state index contributed by atoms with van der Waals surface area (Å²) in [5.74, 6) is -0.788. The van der Waals surface area contributed by atoms with Gasteiger partial charge in [-0.2, -0.15) is 15.2 Å². The molecule has 0 saturated carbocycles. The van der Waals surface area contributed by atoms with Gasteiger partial charge in [0.25, 0.3) is 0 Å². The number of nitrogens with zero attached hydrogens (tertiary/aromatic N) is 6. The van der Waals surface area contributed by atoms with Crippen LogP contribution in [0.4, 0.5) is 19.7 Å². The number of benzene rings is 2. The summed E-state index contributed by atoms with van der Waals surface area (Å²) in [7, 11) is 2.04. The normalized spacial score (nSPS) is 18.5. The van der Waals surface area contributed by atoms with Crippen molar-refractivity contribution >= 4 is 55.0 Å². The molecule has 9 nitrogen and oxygen atoms in total. The summed E-state index contributed by atoms with van der Waals surface area (Å²) in [6.45, 7) is 3.00. The van der Waals surface area contributed by atoms with Crippen LogP contribution >= 0.6 is 22.9 Å². The van der Waals surface area contributed by atoms with Crippen LogP contribution in [0.2, 0.25) is 5.02 Å². The molecule has 202 valence electrons. The van der Waals surface area contributed by atoms with Gasteiger partial charge in [0, 0.05) is 35.6 Å². The Morgan fingerprint density at radius 1 is 1.26 bits per heavy atom. The maximum absolute atomic E-state index is 16.4. The molecule has 2 aliphatic rings. The number of likely N-dealkylation sites (tertiary alicyclic amines) is 2. The molecule has 0 bridgehead atoms. The number of ether oxygens (including phenoxy) is 1. The third kappa shape index (κ3) is 4.80. The van der Waals surface area contributed by atoms with Crippen LogP contribution < -0.4 is 15.8 Å². The quantitative estimate of drug-likeness (QED) is 0.309. The zero-order valence-electron chi connectivity index (χ0n) is 21.0. The van der Waals surface area contributed by atoms with Gasteiger partial charge in [0.1, 0.15) is 23.8 Å². The summed E-state index contributed by atoms with van der Waals surface area (Å²) in [6, 6.07) is 6.72. The number of likely N-dealkylation sites (N-methyl/N-ethyl adjacent to an activating group) is 1. The molecule has 13 heteroatoms. The number of aromatic nitrogens is 3. The van der Waals surface area contributed by atoms with Gasteiger partial charge in [0.05, 0.1) is 33.9 Å². The van der Waals surface area contributed by atoms with Crippen LogP contribution in [0.1, 0.15) is 12.8 Å². The minimum absolute atomic E-state index is 0.0153. The molecule has 4 heterocycles. The second-order valence-electron chi connectivity index (χ2n) is 9.90. The number of anilines is 2. The monoisotopic (exact) mass is 570 g/mol. The largest absolute Gasteiger partial charge is 0.462 e. The number of nitrogens with two attached hydrogens (primary N) is 1. The lowest BCUT2D eigenvalue weighted by Gasteiger charge is -2.38. The molecule has 0 spiro atoms. The third-order valence-corrected chi connectivity index (χ3v) is 8.50. The Balaban J connectivity index is 1.44. The standard InChI is InChI=1S/C26H25ClF2N8OS/c1-36-7-2-3-14(36)12-38-26-34-21-16(24(35-26)32-13-10-37(11-13)8-6-30)9-17(27)19(20(21)29)15-4-5-18(28)23-22(15)33-25(31)39-23/h4-5,9,13-14H,2-3,7-8,10-12H2,1H3,(H2,31,33)(H,32,34,35)/t14-/m0/s1. The highest BCUT2D eigenvalue weighted by molar-refractivity contribution is 7.22. The van der Waals surface area contributed by atoms with E-state index in [0.717, 1.165) is 30.7 Å². The summed E-state index contributed by atoms with van der Waals surface area (Å²) in [5, 5.41) is 13.0. The summed E-state index contributed by atoms with van der Waals surface area (Å²) < 4.78 is 37.0. The zero-order valence-corrected chi connectivity index (χ0v) is 22.6. The van der Waals surface area contributed by atoms with Gasteiger partial charge < -0.3 is 20.7 Å². The Morgan fingerprint density at radius 3 is 2.82 bits per heavy atom. The Kier molecular flexibility index (Phi) is 6.84. The number of fused-ring (bicyclic) bond motifs is 2. The summed E-state index contributed by atoms with van der Waals surface area (Å²) in [6.07, 6.45) is 2.08. The van der Waals surface area contributed by atoms with Crippen LogP contribution in [0.25, 0.3) is 32.2 Å². The van der Waals surface area contributed by atoms with Gasteiger partial charge in [0.15, 0.2) is 10.9 Å². The molecule has 0 radical (unpaired) electrons. The van der Waals surface area contributed by atoms with Gasteiger partial charge >= 0.3 is 6.01 Å². The van der Waals surface area contributed by atoms with Gasteiger partial charge in [-0.05, 0) is 44.6 Å². The van der Waals surface area contributed by atoms with Crippen molar-refractivity contribution in [3.05, 3.63) is 34.9 Å². The maximum Gasteiger partial charge on any atom is 0.319 e. The number of halogens is 3. The molecule has 2 aliphatic heterocycles. The fourth-order valence-electron chi connectivity index (χ4n) is 5.23. The molecule has 4 aromatic rings. The average Bonchev–Trinajstić information content (AvgIpc) is 3.48. The van der Waals surface area contributed by atoms with Crippen LogP contribution in [0.3, 0.4) is 0 Å². The van der Waals surface area contributed by atoms with E-state index in [2.05, 4.69) is 31.2 Å². The molecule has 0 aliphatic carbocycles. The molecule has 0 unspecified atom stereocenters. The fourth-order valence-corrected chi connectivity index (χ4v) is 6.29. The second-order valence-corrected chi connectivity index (χ2v) is 11.3. The number of rotatable bonds is 7. The van der Waals surface area contributed by atoms with Crippen molar-refractivity contribution in [1.29, 1.82) is 5.26 Å². The minimum Gasteiger partial charge on any atom is -0.462 e. The van der Waals surface area contributed by atoms with Crippen molar-refractivity contribution < 1.29 is 13.5 Å². The van der Waals surface area contributed by atoms with Crippen molar-refractivity contribution in [2.24, 2.45) is 0 Å². The number of hydrogen-bond acceptors (Lipinski definition) is 10. The molecule has 6 rings (SSSR count). The van der Waals surface area contributed by atoms with E-state index >= 15 is 4.39 Å². The Morgan fingerprint density at radius 2 is 2.08 bits per heavy atom. The van der Waals surface area contributed by atoms with Crippen molar-refractivity contribution in [3.8, 4) is 23.2 Å². The minimum atomic E-state index is -0.690. The predicted molar refractivity (Wildman–Crippen MR) is 148 cm³/mol. The van der Waals surface area contributed by atoms with E-state index in [-0.39, 0.29) is 49.5 Å². The molecule has 39 heavy (non-hydrogen) atoms. The third-order valence-electron chi connectivity index (χ3n) is 7.31. The first-order valence-corrected chi connectivity index (χ1v) is 13.7. The first kappa shape index (κ1) is 25.9. The molecule has 2 fully saturated rings. The summed E-state index contributed by atoms with van der Waals surface area (Å²) in [5.41, 5.74) is 6.47. The van der Waals surface area contributed by atoms with Crippen molar-refractivity contribution in [2.75, 3.05) is 50.9 Å². The number of thiazole rings is 1. The topological polar surface area (TPSA) is 116 Å². The van der Waals surface area contributed by atoms with Crippen LogP contribution in [0, 0.1) is 23.0 Å². The second kappa shape index (κ2) is 10.3. The van der Waals surface area contributed by atoms with E-state index in [0.29, 0.717) is 43.0 Å². The van der Waals surface area contributed by atoms with E-state index < -0.39 is 11.6 Å². The van der Waals surface area contributed by atoms with E-state index in [1.165, 1.54) is 12.1 Å². The molecular formula is C26H25ClF2N8OS. The number of hydrogen-bond donors (Lipinski definition) is 2. The first-order chi connectivity index (χ1) is 18.8. The smallest absolute Gasteiger partial charge is 0.319 e. The molecule has 2 aromatic carbocycles. The number of nitriles is 1. The predicted octanol–water partition coefficient (Wildman–Crippen LogP) is 4.51. The molecular weight excluding hydrogens is 546 g/mol. The maximum atomic E-state index is 16.4. The van der Waals surface area contributed by atoms with Gasteiger partial charge in [-0.15, -0.1) is 0 Å². The molecule has 1 atom stereocenters. The average molecular weight is 571 g/mol. The van der Waals surface area contributed by atoms with Crippen LogP contribution in [-0.4, -0.2) is 76.7 Å². The highest BCUT2D eigenvalue weighted by Crippen LogP contribution is 2.42. The lowest BCUT2D eigenvalue weighted by Crippen LogP contribution is -2.54. The zero-order chi connectivity index (χ0) is 27.3. The van der Waals surface area contributed by atoms with E-state index in [9.17, 15) is 4.39 Å². The lowest BCUT2D eigenvalue weighted by molar-refractivity contribution is 0.182. The Labute approximate surface area is 232 Å². The van der Waals surface area contributed by atoms with Gasteiger partial charge in [-0.3, -0.25) is 4.90 Å². The van der Waals surface area contributed by atoms with Crippen molar-refractivity contribution in [1.82, 2.24) is 24.8 Å². The first-order valence-electron chi connectivity index (χ1n) is 12.6. The Hall–Kier alpha value is -3.37. The van der Waals surface area contributed by atoms with Gasteiger partial charge in [0.2, 0.25) is 0 Å². The van der Waals surface area contributed by atoms with Crippen LogP contribution in [0.5, 0.6) is 6.01 Å². The fraction of sp³-hybridized carbons (Fsp3) is 0.385. The SMILES string of the molecule is CN1CCC[C@H]1COc1nc(NC2CN(CC#N)C2)c2cc(Cl)c(-c3ccc(F)c4sc(N)nc34)c(F)c2n1. The lowest BCUT2D eigenvalue weighted by atomic mass is 10.0. The molecule has 2 saturated heterocycles. The van der Waals surface area contributed by atoms with Gasteiger partial charge in [-0.1, -0.05) is 22.9 Å². The van der Waals surface area contributed by atoms with Crippen LogP contribution in [-0.2, 0) is 0 Å². The van der Waals surface area contributed by atoms with Crippen molar-refractivity contribution in [2.45, 2.75) is 24.9 Å².